The summed E-state index contributed by atoms with van der Waals surface area (Å²) >= 11 is 0. The first-order valence-electron chi connectivity index (χ1n) is 6.55. The van der Waals surface area contributed by atoms with Gasteiger partial charge in [0.05, 0.1) is 4.90 Å². The van der Waals surface area contributed by atoms with Crippen LogP contribution >= 0.6 is 0 Å². The molecule has 0 aromatic heterocycles. The maximum Gasteiger partial charge on any atom is 0.240 e. The average molecular weight is 299 g/mol. The average Bonchev–Trinajstić information content (AvgIpc) is 3.25. The summed E-state index contributed by atoms with van der Waals surface area (Å²) in [5.74, 6) is 1.01. The number of hydrogen-bond donors (Lipinski definition) is 2. The summed E-state index contributed by atoms with van der Waals surface area (Å²) in [5.41, 5.74) is -0.263. The molecule has 1 aliphatic carbocycles. The second kappa shape index (κ2) is 4.91. The van der Waals surface area contributed by atoms with E-state index >= 15 is 0 Å². The molecule has 1 aromatic rings. The fraction of sp³-hybridized carbons (Fsp3) is 0.538. The highest BCUT2D eigenvalue weighted by atomic mass is 32.2. The van der Waals surface area contributed by atoms with Crippen LogP contribution in [0.5, 0.6) is 11.5 Å². The first kappa shape index (κ1) is 13.7. The van der Waals surface area contributed by atoms with Gasteiger partial charge in [0, 0.05) is 24.6 Å². The van der Waals surface area contributed by atoms with Gasteiger partial charge in [-0.05, 0) is 25.0 Å². The smallest absolute Gasteiger partial charge is 0.240 e. The molecule has 20 heavy (non-hydrogen) atoms. The second-order valence-electron chi connectivity index (χ2n) is 5.29. The topological polar surface area (TPSA) is 84.9 Å². The zero-order chi connectivity index (χ0) is 14.2. The van der Waals surface area contributed by atoms with Crippen molar-refractivity contribution in [2.24, 2.45) is 5.41 Å². The predicted octanol–water partition coefficient (Wildman–Crippen LogP) is 0.509. The summed E-state index contributed by atoms with van der Waals surface area (Å²) in [5, 5.41) is 9.21. The van der Waals surface area contributed by atoms with E-state index in [1.165, 1.54) is 12.1 Å². The first-order valence-corrected chi connectivity index (χ1v) is 8.03. The Labute approximate surface area is 117 Å². The molecule has 0 unspecified atom stereocenters. The van der Waals surface area contributed by atoms with Crippen molar-refractivity contribution < 1.29 is 23.0 Å². The van der Waals surface area contributed by atoms with Gasteiger partial charge in [0.2, 0.25) is 10.0 Å². The molecule has 3 rings (SSSR count). The molecular formula is C13H17NO5S. The lowest BCUT2D eigenvalue weighted by molar-refractivity contribution is 0.171. The van der Waals surface area contributed by atoms with Crippen molar-refractivity contribution in [2.45, 2.75) is 17.7 Å². The van der Waals surface area contributed by atoms with Crippen molar-refractivity contribution in [1.29, 1.82) is 0 Å². The molecule has 1 fully saturated rings. The second-order valence-corrected chi connectivity index (χ2v) is 7.06. The van der Waals surface area contributed by atoms with Crippen molar-refractivity contribution in [3.8, 4) is 11.5 Å². The van der Waals surface area contributed by atoms with E-state index in [-0.39, 0.29) is 23.5 Å². The number of benzene rings is 1. The summed E-state index contributed by atoms with van der Waals surface area (Å²) in [7, 11) is -3.59. The minimum Gasteiger partial charge on any atom is -0.486 e. The zero-order valence-electron chi connectivity index (χ0n) is 11.0. The molecule has 2 N–H and O–H groups in total. The van der Waals surface area contributed by atoms with E-state index in [9.17, 15) is 13.5 Å². The molecule has 6 nitrogen and oxygen atoms in total. The minimum absolute atomic E-state index is 0.0106. The van der Waals surface area contributed by atoms with Gasteiger partial charge in [-0.25, -0.2) is 13.1 Å². The number of nitrogens with one attached hydrogen (secondary N) is 1. The summed E-state index contributed by atoms with van der Waals surface area (Å²) in [6.07, 6.45) is 1.71. The molecule has 0 spiro atoms. The number of aliphatic hydroxyl groups is 1. The normalized spacial score (nSPS) is 19.6. The Hall–Kier alpha value is -1.31. The molecule has 0 bridgehead atoms. The van der Waals surface area contributed by atoms with Gasteiger partial charge in [0.15, 0.2) is 11.5 Å². The van der Waals surface area contributed by atoms with Gasteiger partial charge >= 0.3 is 0 Å². The van der Waals surface area contributed by atoms with Crippen LogP contribution in [0.3, 0.4) is 0 Å². The lowest BCUT2D eigenvalue weighted by Crippen LogP contribution is -2.32. The van der Waals surface area contributed by atoms with Crippen LogP contribution in [-0.2, 0) is 10.0 Å². The Morgan fingerprint density at radius 3 is 2.55 bits per heavy atom. The molecule has 0 saturated heterocycles. The van der Waals surface area contributed by atoms with Crippen LogP contribution in [0.2, 0.25) is 0 Å². The van der Waals surface area contributed by atoms with Crippen molar-refractivity contribution >= 4 is 10.0 Å². The highest BCUT2D eigenvalue weighted by molar-refractivity contribution is 7.89. The lowest BCUT2D eigenvalue weighted by atomic mass is 10.1. The number of ether oxygens (including phenoxy) is 2. The van der Waals surface area contributed by atoms with Gasteiger partial charge in [-0.3, -0.25) is 0 Å². The molecule has 7 heteroatoms. The predicted molar refractivity (Wildman–Crippen MR) is 71.4 cm³/mol. The quantitative estimate of drug-likeness (QED) is 0.827. The van der Waals surface area contributed by atoms with Crippen LogP contribution in [0.1, 0.15) is 12.8 Å². The largest absolute Gasteiger partial charge is 0.486 e. The van der Waals surface area contributed by atoms with Crippen molar-refractivity contribution in [1.82, 2.24) is 4.72 Å². The highest BCUT2D eigenvalue weighted by Crippen LogP contribution is 2.44. The van der Waals surface area contributed by atoms with Gasteiger partial charge in [-0.15, -0.1) is 0 Å². The number of hydrogen-bond acceptors (Lipinski definition) is 5. The van der Waals surface area contributed by atoms with E-state index in [1.54, 1.807) is 6.07 Å². The van der Waals surface area contributed by atoms with Crippen LogP contribution in [0.15, 0.2) is 23.1 Å². The standard InChI is InChI=1S/C13H17NO5S/c15-9-13(3-4-13)8-14-20(16,17)10-1-2-11-12(7-10)19-6-5-18-11/h1-2,7,14-15H,3-6,8-9H2. The number of sulfonamides is 1. The Kier molecular flexibility index (Phi) is 3.35. The summed E-state index contributed by atoms with van der Waals surface area (Å²) < 4.78 is 37.7. The Morgan fingerprint density at radius 1 is 1.20 bits per heavy atom. The van der Waals surface area contributed by atoms with Crippen molar-refractivity contribution in [2.75, 3.05) is 26.4 Å². The van der Waals surface area contributed by atoms with Gasteiger partial charge in [0.1, 0.15) is 13.2 Å². The molecule has 2 aliphatic rings. The number of fused-ring (bicyclic) bond motifs is 1. The minimum atomic E-state index is -3.59. The Morgan fingerprint density at radius 2 is 1.90 bits per heavy atom. The van der Waals surface area contributed by atoms with Gasteiger partial charge < -0.3 is 14.6 Å². The molecule has 1 aromatic carbocycles. The molecule has 0 amide bonds. The maximum absolute atomic E-state index is 12.2. The lowest BCUT2D eigenvalue weighted by Gasteiger charge is -2.19. The Balaban J connectivity index is 1.77. The Bertz CT molecular complexity index is 609. The third-order valence-electron chi connectivity index (χ3n) is 3.75. The van der Waals surface area contributed by atoms with Crippen molar-refractivity contribution in [3.05, 3.63) is 18.2 Å². The monoisotopic (exact) mass is 299 g/mol. The molecular weight excluding hydrogens is 282 g/mol. The third-order valence-corrected chi connectivity index (χ3v) is 5.15. The van der Waals surface area contributed by atoms with E-state index < -0.39 is 10.0 Å². The van der Waals surface area contributed by atoms with E-state index in [1.807, 2.05) is 0 Å². The van der Waals surface area contributed by atoms with E-state index in [0.29, 0.717) is 24.7 Å². The first-order chi connectivity index (χ1) is 9.55. The van der Waals surface area contributed by atoms with Crippen molar-refractivity contribution in [3.63, 3.8) is 0 Å². The zero-order valence-corrected chi connectivity index (χ0v) is 11.8. The van der Waals surface area contributed by atoms with Crippen LogP contribution in [0.4, 0.5) is 0 Å². The highest BCUT2D eigenvalue weighted by Gasteiger charge is 2.42. The maximum atomic E-state index is 12.2. The summed E-state index contributed by atoms with van der Waals surface area (Å²) in [6.45, 7) is 1.16. The van der Waals surface area contributed by atoms with Crippen LogP contribution in [0.25, 0.3) is 0 Å². The molecule has 1 saturated carbocycles. The molecule has 110 valence electrons. The number of rotatable bonds is 5. The SMILES string of the molecule is O=S(=O)(NCC1(CO)CC1)c1ccc2c(c1)OCCO2. The molecule has 0 atom stereocenters. The van der Waals surface area contributed by atoms with E-state index in [4.69, 9.17) is 9.47 Å². The van der Waals surface area contributed by atoms with Crippen LogP contribution in [0, 0.1) is 5.41 Å². The van der Waals surface area contributed by atoms with Crippen LogP contribution < -0.4 is 14.2 Å². The van der Waals surface area contributed by atoms with Gasteiger partial charge in [0.25, 0.3) is 0 Å². The van der Waals surface area contributed by atoms with Crippen LogP contribution in [-0.4, -0.2) is 39.9 Å². The van der Waals surface area contributed by atoms with Gasteiger partial charge in [-0.1, -0.05) is 0 Å². The molecule has 0 radical (unpaired) electrons. The van der Waals surface area contributed by atoms with E-state index in [0.717, 1.165) is 12.8 Å². The molecule has 1 heterocycles. The summed E-state index contributed by atoms with van der Waals surface area (Å²) in [6, 6.07) is 4.56. The molecule has 1 aliphatic heterocycles. The fourth-order valence-corrected chi connectivity index (χ4v) is 3.26. The van der Waals surface area contributed by atoms with E-state index in [2.05, 4.69) is 4.72 Å². The van der Waals surface area contributed by atoms with Gasteiger partial charge in [-0.2, -0.15) is 0 Å². The fourth-order valence-electron chi connectivity index (χ4n) is 2.09. The summed E-state index contributed by atoms with van der Waals surface area (Å²) in [4.78, 5) is 0.149. The number of aliphatic hydroxyl groups excluding tert-OH is 1. The third kappa shape index (κ3) is 2.61.